The number of hydrogen-bond donors (Lipinski definition) is 1. The SMILES string of the molecule is CCCCC(NC(C)C(=O)N(C)CC)C(=O)OC. The van der Waals surface area contributed by atoms with Crippen molar-refractivity contribution in [1.29, 1.82) is 0 Å². The molecule has 5 nitrogen and oxygen atoms in total. The first kappa shape index (κ1) is 16.9. The van der Waals surface area contributed by atoms with Crippen LogP contribution in [-0.4, -0.2) is 49.6 Å². The van der Waals surface area contributed by atoms with Crippen molar-refractivity contribution >= 4 is 11.9 Å². The van der Waals surface area contributed by atoms with Crippen LogP contribution in [0.4, 0.5) is 0 Å². The van der Waals surface area contributed by atoms with Gasteiger partial charge in [0.25, 0.3) is 0 Å². The minimum Gasteiger partial charge on any atom is -0.468 e. The van der Waals surface area contributed by atoms with E-state index in [0.29, 0.717) is 13.0 Å². The summed E-state index contributed by atoms with van der Waals surface area (Å²) >= 11 is 0. The minimum absolute atomic E-state index is 0.0112. The lowest BCUT2D eigenvalue weighted by molar-refractivity contribution is -0.144. The quantitative estimate of drug-likeness (QED) is 0.664. The number of rotatable bonds is 8. The zero-order valence-electron chi connectivity index (χ0n) is 12.2. The molecule has 106 valence electrons. The van der Waals surface area contributed by atoms with Crippen molar-refractivity contribution in [1.82, 2.24) is 10.2 Å². The molecule has 5 heteroatoms. The third-order valence-electron chi connectivity index (χ3n) is 3.00. The second-order valence-corrected chi connectivity index (χ2v) is 4.46. The van der Waals surface area contributed by atoms with Crippen LogP contribution in [0.3, 0.4) is 0 Å². The van der Waals surface area contributed by atoms with Crippen molar-refractivity contribution in [3.63, 3.8) is 0 Å². The van der Waals surface area contributed by atoms with Gasteiger partial charge in [-0.25, -0.2) is 0 Å². The zero-order chi connectivity index (χ0) is 14.1. The van der Waals surface area contributed by atoms with E-state index >= 15 is 0 Å². The highest BCUT2D eigenvalue weighted by atomic mass is 16.5. The molecule has 2 atom stereocenters. The number of nitrogens with one attached hydrogen (secondary N) is 1. The van der Waals surface area contributed by atoms with Crippen LogP contribution in [0.1, 0.15) is 40.0 Å². The third kappa shape index (κ3) is 5.49. The van der Waals surface area contributed by atoms with Crippen LogP contribution in [0.15, 0.2) is 0 Å². The summed E-state index contributed by atoms with van der Waals surface area (Å²) in [6.45, 7) is 6.41. The summed E-state index contributed by atoms with van der Waals surface area (Å²) in [6, 6.07) is -0.782. The van der Waals surface area contributed by atoms with E-state index in [1.807, 2.05) is 6.92 Å². The smallest absolute Gasteiger partial charge is 0.322 e. The molecule has 0 saturated heterocycles. The molecule has 0 aromatic carbocycles. The molecule has 0 fully saturated rings. The minimum atomic E-state index is -0.404. The van der Waals surface area contributed by atoms with E-state index in [0.717, 1.165) is 12.8 Å². The van der Waals surface area contributed by atoms with Crippen molar-refractivity contribution in [2.24, 2.45) is 0 Å². The molecule has 1 amide bonds. The van der Waals surface area contributed by atoms with Crippen molar-refractivity contribution in [3.8, 4) is 0 Å². The number of nitrogens with zero attached hydrogens (tertiary/aromatic N) is 1. The van der Waals surface area contributed by atoms with Gasteiger partial charge in [-0.05, 0) is 20.3 Å². The van der Waals surface area contributed by atoms with Crippen molar-refractivity contribution < 1.29 is 14.3 Å². The maximum Gasteiger partial charge on any atom is 0.322 e. The van der Waals surface area contributed by atoms with E-state index in [2.05, 4.69) is 12.2 Å². The Kier molecular flexibility index (Phi) is 8.37. The Morgan fingerprint density at radius 1 is 1.33 bits per heavy atom. The zero-order valence-corrected chi connectivity index (χ0v) is 12.2. The molecule has 0 spiro atoms. The highest BCUT2D eigenvalue weighted by Crippen LogP contribution is 2.04. The molecule has 2 unspecified atom stereocenters. The number of ether oxygens (including phenoxy) is 1. The van der Waals surface area contributed by atoms with Gasteiger partial charge in [0.05, 0.1) is 13.2 Å². The van der Waals surface area contributed by atoms with E-state index < -0.39 is 6.04 Å². The van der Waals surface area contributed by atoms with Gasteiger partial charge in [-0.15, -0.1) is 0 Å². The lowest BCUT2D eigenvalue weighted by Crippen LogP contribution is -2.50. The largest absolute Gasteiger partial charge is 0.468 e. The molecule has 0 aliphatic carbocycles. The van der Waals surface area contributed by atoms with Crippen LogP contribution < -0.4 is 5.32 Å². The molecule has 0 radical (unpaired) electrons. The Morgan fingerprint density at radius 3 is 2.39 bits per heavy atom. The standard InChI is InChI=1S/C13H26N2O3/c1-6-8-9-11(13(17)18-5)14-10(3)12(16)15(4)7-2/h10-11,14H,6-9H2,1-5H3. The monoisotopic (exact) mass is 258 g/mol. The number of esters is 1. The third-order valence-corrected chi connectivity index (χ3v) is 3.00. The van der Waals surface area contributed by atoms with Crippen LogP contribution in [0.5, 0.6) is 0 Å². The first-order valence-electron chi connectivity index (χ1n) is 6.56. The van der Waals surface area contributed by atoms with E-state index in [1.165, 1.54) is 7.11 Å². The van der Waals surface area contributed by atoms with Gasteiger partial charge in [-0.1, -0.05) is 19.8 Å². The van der Waals surface area contributed by atoms with Gasteiger partial charge in [-0.3, -0.25) is 14.9 Å². The first-order valence-corrected chi connectivity index (χ1v) is 6.56. The highest BCUT2D eigenvalue weighted by molar-refractivity contribution is 5.83. The lowest BCUT2D eigenvalue weighted by Gasteiger charge is -2.24. The van der Waals surface area contributed by atoms with Gasteiger partial charge in [0.1, 0.15) is 6.04 Å². The molecule has 0 aromatic heterocycles. The van der Waals surface area contributed by atoms with Crippen LogP contribution in [0.2, 0.25) is 0 Å². The average Bonchev–Trinajstić information content (AvgIpc) is 2.40. The van der Waals surface area contributed by atoms with E-state index in [9.17, 15) is 9.59 Å². The van der Waals surface area contributed by atoms with Gasteiger partial charge in [0, 0.05) is 13.6 Å². The fourth-order valence-corrected chi connectivity index (χ4v) is 1.68. The van der Waals surface area contributed by atoms with E-state index in [1.54, 1.807) is 18.9 Å². The number of carbonyl (C=O) groups excluding carboxylic acids is 2. The normalized spacial score (nSPS) is 13.8. The van der Waals surface area contributed by atoms with Crippen LogP contribution >= 0.6 is 0 Å². The summed E-state index contributed by atoms with van der Waals surface area (Å²) < 4.78 is 4.75. The maximum atomic E-state index is 11.9. The predicted octanol–water partition coefficient (Wildman–Crippen LogP) is 1.17. The highest BCUT2D eigenvalue weighted by Gasteiger charge is 2.24. The number of unbranched alkanes of at least 4 members (excludes halogenated alkanes) is 1. The number of methoxy groups -OCH3 is 1. The van der Waals surface area contributed by atoms with Gasteiger partial charge in [-0.2, -0.15) is 0 Å². The molecule has 0 heterocycles. The maximum absolute atomic E-state index is 11.9. The first-order chi connectivity index (χ1) is 8.47. The van der Waals surface area contributed by atoms with Gasteiger partial charge in [0.15, 0.2) is 0 Å². The molecule has 0 saturated carbocycles. The number of carbonyl (C=O) groups is 2. The summed E-state index contributed by atoms with van der Waals surface area (Å²) in [6.07, 6.45) is 2.63. The Hall–Kier alpha value is -1.10. The number of likely N-dealkylation sites (N-methyl/N-ethyl adjacent to an activating group) is 1. The fraction of sp³-hybridized carbons (Fsp3) is 0.846. The van der Waals surface area contributed by atoms with Crippen molar-refractivity contribution in [2.45, 2.75) is 52.1 Å². The van der Waals surface area contributed by atoms with Crippen molar-refractivity contribution in [3.05, 3.63) is 0 Å². The summed E-state index contributed by atoms with van der Waals surface area (Å²) in [5, 5.41) is 3.05. The van der Waals surface area contributed by atoms with Gasteiger partial charge < -0.3 is 9.64 Å². The average molecular weight is 258 g/mol. The van der Waals surface area contributed by atoms with Gasteiger partial charge in [0.2, 0.25) is 5.91 Å². The summed E-state index contributed by atoms with van der Waals surface area (Å²) in [5.41, 5.74) is 0. The summed E-state index contributed by atoms with van der Waals surface area (Å²) in [7, 11) is 3.12. The molecule has 0 bridgehead atoms. The van der Waals surface area contributed by atoms with Crippen molar-refractivity contribution in [2.75, 3.05) is 20.7 Å². The molecule has 0 aromatic rings. The molecule has 0 aliphatic heterocycles. The van der Waals surface area contributed by atoms with Crippen LogP contribution in [-0.2, 0) is 14.3 Å². The van der Waals surface area contributed by atoms with E-state index in [4.69, 9.17) is 4.74 Å². The summed E-state index contributed by atoms with van der Waals surface area (Å²) in [4.78, 5) is 25.1. The molecular weight excluding hydrogens is 232 g/mol. The van der Waals surface area contributed by atoms with Gasteiger partial charge >= 0.3 is 5.97 Å². The van der Waals surface area contributed by atoms with Crippen LogP contribution in [0, 0.1) is 0 Å². The Morgan fingerprint density at radius 2 is 1.94 bits per heavy atom. The molecule has 0 rings (SSSR count). The second kappa shape index (κ2) is 8.91. The number of amides is 1. The van der Waals surface area contributed by atoms with E-state index in [-0.39, 0.29) is 17.9 Å². The Bertz CT molecular complexity index is 269. The lowest BCUT2D eigenvalue weighted by atomic mass is 10.1. The molecule has 18 heavy (non-hydrogen) atoms. The number of hydrogen-bond acceptors (Lipinski definition) is 4. The summed E-state index contributed by atoms with van der Waals surface area (Å²) in [5.74, 6) is -0.315. The van der Waals surface area contributed by atoms with Crippen LogP contribution in [0.25, 0.3) is 0 Å². The topological polar surface area (TPSA) is 58.6 Å². The predicted molar refractivity (Wildman–Crippen MR) is 71.2 cm³/mol. The Balaban J connectivity index is 4.46. The second-order valence-electron chi connectivity index (χ2n) is 4.46. The molecule has 1 N–H and O–H groups in total. The molecular formula is C13H26N2O3. The Labute approximate surface area is 110 Å². The molecule has 0 aliphatic rings. The fourth-order valence-electron chi connectivity index (χ4n) is 1.68.